The van der Waals surface area contributed by atoms with Gasteiger partial charge in [0.2, 0.25) is 6.41 Å². The molecule has 1 aliphatic heterocycles. The molecule has 1 saturated heterocycles. The van der Waals surface area contributed by atoms with Crippen molar-refractivity contribution in [1.29, 1.82) is 0 Å². The van der Waals surface area contributed by atoms with Crippen molar-refractivity contribution in [2.45, 2.75) is 31.9 Å². The number of hydrogen-bond acceptors (Lipinski definition) is 3. The fraction of sp³-hybridized carbons (Fsp3) is 0.316. The number of alkyl halides is 1. The molecule has 0 bridgehead atoms. The Morgan fingerprint density at radius 2 is 2.08 bits per heavy atom. The summed E-state index contributed by atoms with van der Waals surface area (Å²) >= 11 is 0. The zero-order chi connectivity index (χ0) is 18.5. The summed E-state index contributed by atoms with van der Waals surface area (Å²) in [5.74, 6) is -0.514. The number of nitrogens with zero attached hydrogens (tertiary/aromatic N) is 1. The van der Waals surface area contributed by atoms with Crippen LogP contribution in [0.1, 0.15) is 17.5 Å². The highest BCUT2D eigenvalue weighted by Gasteiger charge is 2.32. The molecule has 3 rings (SSSR count). The van der Waals surface area contributed by atoms with E-state index in [4.69, 9.17) is 4.74 Å². The number of carbonyl (C=O) groups is 1. The number of halogens is 3. The predicted octanol–water partition coefficient (Wildman–Crippen LogP) is 3.16. The highest BCUT2D eigenvalue weighted by atomic mass is 19.1. The summed E-state index contributed by atoms with van der Waals surface area (Å²) in [4.78, 5) is 12.3. The zero-order valence-electron chi connectivity index (χ0n) is 14.0. The Labute approximate surface area is 149 Å². The minimum atomic E-state index is -1.05. The molecule has 1 fully saturated rings. The van der Waals surface area contributed by atoms with E-state index in [-0.39, 0.29) is 31.9 Å². The van der Waals surface area contributed by atoms with Crippen LogP contribution in [0.2, 0.25) is 0 Å². The van der Waals surface area contributed by atoms with E-state index < -0.39 is 18.2 Å². The topological polar surface area (TPSA) is 41.6 Å². The molecule has 0 unspecified atom stereocenters. The van der Waals surface area contributed by atoms with Crippen LogP contribution < -0.4 is 10.1 Å². The summed E-state index contributed by atoms with van der Waals surface area (Å²) in [6, 6.07) is 10.4. The molecule has 2 aromatic rings. The SMILES string of the molecule is O=CN[C@@H]1C[C@@H](F)CN1Cc1ccc(OCc2cccc(F)c2)cc1F. The number of ether oxygens (including phenoxy) is 1. The van der Waals surface area contributed by atoms with E-state index in [9.17, 15) is 18.0 Å². The third kappa shape index (κ3) is 4.54. The van der Waals surface area contributed by atoms with Gasteiger partial charge in [-0.05, 0) is 23.8 Å². The van der Waals surface area contributed by atoms with Crippen molar-refractivity contribution in [1.82, 2.24) is 10.2 Å². The number of nitrogens with one attached hydrogen (secondary N) is 1. The Morgan fingerprint density at radius 3 is 2.81 bits per heavy atom. The highest BCUT2D eigenvalue weighted by molar-refractivity contribution is 5.46. The van der Waals surface area contributed by atoms with E-state index >= 15 is 0 Å². The average molecular weight is 364 g/mol. The van der Waals surface area contributed by atoms with E-state index in [1.165, 1.54) is 18.2 Å². The average Bonchev–Trinajstić information content (AvgIpc) is 2.95. The summed E-state index contributed by atoms with van der Waals surface area (Å²) in [5.41, 5.74) is 1.03. The van der Waals surface area contributed by atoms with Gasteiger partial charge in [0.1, 0.15) is 30.2 Å². The van der Waals surface area contributed by atoms with Crippen molar-refractivity contribution >= 4 is 6.41 Å². The fourth-order valence-electron chi connectivity index (χ4n) is 3.03. The lowest BCUT2D eigenvalue weighted by Gasteiger charge is -2.23. The smallest absolute Gasteiger partial charge is 0.208 e. The fourth-order valence-corrected chi connectivity index (χ4v) is 3.03. The Bertz CT molecular complexity index is 772. The Hall–Kier alpha value is -2.54. The highest BCUT2D eigenvalue weighted by Crippen LogP contribution is 2.24. The molecule has 0 radical (unpaired) electrons. The molecule has 2 aromatic carbocycles. The lowest BCUT2D eigenvalue weighted by molar-refractivity contribution is -0.111. The van der Waals surface area contributed by atoms with Crippen molar-refractivity contribution < 1.29 is 22.7 Å². The molecule has 0 saturated carbocycles. The van der Waals surface area contributed by atoms with E-state index in [0.717, 1.165) is 0 Å². The minimum Gasteiger partial charge on any atom is -0.489 e. The molecule has 7 heteroatoms. The van der Waals surface area contributed by atoms with Crippen LogP contribution in [0.15, 0.2) is 42.5 Å². The van der Waals surface area contributed by atoms with Gasteiger partial charge in [0.05, 0.1) is 6.17 Å². The summed E-state index contributed by atoms with van der Waals surface area (Å²) in [5, 5.41) is 2.55. The van der Waals surface area contributed by atoms with Crippen LogP contribution >= 0.6 is 0 Å². The lowest BCUT2D eigenvalue weighted by Crippen LogP contribution is -2.40. The first kappa shape index (κ1) is 18.3. The van der Waals surface area contributed by atoms with Crippen molar-refractivity contribution in [3.63, 3.8) is 0 Å². The van der Waals surface area contributed by atoms with Gasteiger partial charge in [-0.1, -0.05) is 18.2 Å². The van der Waals surface area contributed by atoms with E-state index in [1.807, 2.05) is 0 Å². The van der Waals surface area contributed by atoms with Gasteiger partial charge < -0.3 is 10.1 Å². The van der Waals surface area contributed by atoms with Crippen molar-refractivity contribution in [3.05, 3.63) is 65.2 Å². The summed E-state index contributed by atoms with van der Waals surface area (Å²) < 4.78 is 46.6. The van der Waals surface area contributed by atoms with Crippen LogP contribution in [0, 0.1) is 11.6 Å². The van der Waals surface area contributed by atoms with Gasteiger partial charge in [0.15, 0.2) is 0 Å². The van der Waals surface area contributed by atoms with Gasteiger partial charge in [0, 0.05) is 31.1 Å². The van der Waals surface area contributed by atoms with Crippen molar-refractivity contribution in [2.75, 3.05) is 6.54 Å². The number of hydrogen-bond donors (Lipinski definition) is 1. The van der Waals surface area contributed by atoms with Gasteiger partial charge in [-0.3, -0.25) is 9.69 Å². The first-order valence-electron chi connectivity index (χ1n) is 8.28. The maximum Gasteiger partial charge on any atom is 0.208 e. The monoisotopic (exact) mass is 364 g/mol. The molecule has 1 N–H and O–H groups in total. The normalized spacial score (nSPS) is 20.1. The van der Waals surface area contributed by atoms with Gasteiger partial charge in [-0.2, -0.15) is 0 Å². The largest absolute Gasteiger partial charge is 0.489 e. The quantitative estimate of drug-likeness (QED) is 0.768. The molecule has 1 heterocycles. The van der Waals surface area contributed by atoms with E-state index in [2.05, 4.69) is 5.32 Å². The predicted molar refractivity (Wildman–Crippen MR) is 90.0 cm³/mol. The summed E-state index contributed by atoms with van der Waals surface area (Å²) in [7, 11) is 0. The van der Waals surface area contributed by atoms with Crippen molar-refractivity contribution in [3.8, 4) is 5.75 Å². The molecule has 0 aromatic heterocycles. The number of carbonyl (C=O) groups excluding carboxylic acids is 1. The number of rotatable bonds is 7. The second-order valence-corrected chi connectivity index (χ2v) is 6.23. The molecule has 1 aliphatic rings. The van der Waals surface area contributed by atoms with Gasteiger partial charge in [0.25, 0.3) is 0 Å². The van der Waals surface area contributed by atoms with E-state index in [0.29, 0.717) is 23.3 Å². The maximum atomic E-state index is 14.4. The molecule has 26 heavy (non-hydrogen) atoms. The van der Waals surface area contributed by atoms with Crippen LogP contribution in [0.4, 0.5) is 13.2 Å². The summed E-state index contributed by atoms with van der Waals surface area (Å²) in [6.07, 6.45) is -0.778. The molecule has 1 amide bonds. The number of amides is 1. The Morgan fingerprint density at radius 1 is 1.23 bits per heavy atom. The Kier molecular flexibility index (Phi) is 5.78. The van der Waals surface area contributed by atoms with Gasteiger partial charge >= 0.3 is 0 Å². The van der Waals surface area contributed by atoms with Crippen LogP contribution in [0.5, 0.6) is 5.75 Å². The van der Waals surface area contributed by atoms with Gasteiger partial charge in [-0.15, -0.1) is 0 Å². The Balaban J connectivity index is 1.63. The standard InChI is InChI=1S/C19H19F3N2O2/c20-15-3-1-2-13(6-15)11-26-17-5-4-14(18(22)8-17)9-24-10-16(21)7-19(24)23-12-25/h1-6,8,12,16,19H,7,9-11H2,(H,23,25)/t16-,19+/m1/s1. The maximum absolute atomic E-state index is 14.4. The van der Waals surface area contributed by atoms with Gasteiger partial charge in [-0.25, -0.2) is 13.2 Å². The third-order valence-electron chi connectivity index (χ3n) is 4.31. The molecule has 0 aliphatic carbocycles. The first-order valence-corrected chi connectivity index (χ1v) is 8.28. The molecule has 138 valence electrons. The molecule has 0 spiro atoms. The minimum absolute atomic E-state index is 0.123. The van der Waals surface area contributed by atoms with E-state index in [1.54, 1.807) is 29.2 Å². The third-order valence-corrected chi connectivity index (χ3v) is 4.31. The second-order valence-electron chi connectivity index (χ2n) is 6.23. The molecule has 2 atom stereocenters. The molecule has 4 nitrogen and oxygen atoms in total. The second kappa shape index (κ2) is 8.23. The first-order chi connectivity index (χ1) is 12.5. The zero-order valence-corrected chi connectivity index (χ0v) is 14.0. The number of benzene rings is 2. The van der Waals surface area contributed by atoms with Crippen LogP contribution in [-0.2, 0) is 17.9 Å². The van der Waals surface area contributed by atoms with Crippen LogP contribution in [0.25, 0.3) is 0 Å². The number of likely N-dealkylation sites (tertiary alicyclic amines) is 1. The molecular formula is C19H19F3N2O2. The van der Waals surface area contributed by atoms with Crippen LogP contribution in [0.3, 0.4) is 0 Å². The van der Waals surface area contributed by atoms with Crippen molar-refractivity contribution in [2.24, 2.45) is 0 Å². The lowest BCUT2D eigenvalue weighted by atomic mass is 10.2. The van der Waals surface area contributed by atoms with Crippen LogP contribution in [-0.4, -0.2) is 30.2 Å². The molecular weight excluding hydrogens is 345 g/mol. The summed E-state index contributed by atoms with van der Waals surface area (Å²) in [6.45, 7) is 0.447.